The topological polar surface area (TPSA) is 50.8 Å². The maximum Gasteiger partial charge on any atom is 0.253 e. The van der Waals surface area contributed by atoms with Crippen molar-refractivity contribution in [3.05, 3.63) is 0 Å². The van der Waals surface area contributed by atoms with Gasteiger partial charge < -0.3 is 19.7 Å². The molecule has 0 aromatic rings. The number of morpholine rings is 1. The van der Waals surface area contributed by atoms with Crippen LogP contribution in [0.2, 0.25) is 0 Å². The zero-order valence-electron chi connectivity index (χ0n) is 10.9. The maximum absolute atomic E-state index is 12.2. The second kappa shape index (κ2) is 7.94. The standard InChI is InChI=1S/C12H22N2O3.ClH/c1-2-14(9-10-4-3-6-16-10)12(15)11-8-13-5-7-17-11;/h10-11,13H,2-9H2,1H3;1H. The van der Waals surface area contributed by atoms with Crippen LogP contribution in [0, 0.1) is 0 Å². The molecule has 2 saturated heterocycles. The predicted octanol–water partition coefficient (Wildman–Crippen LogP) is 0.424. The molecule has 2 aliphatic rings. The summed E-state index contributed by atoms with van der Waals surface area (Å²) >= 11 is 0. The van der Waals surface area contributed by atoms with Crippen molar-refractivity contribution in [3.63, 3.8) is 0 Å². The highest BCUT2D eigenvalue weighted by Gasteiger charge is 2.28. The van der Waals surface area contributed by atoms with Crippen LogP contribution in [-0.4, -0.2) is 62.4 Å². The van der Waals surface area contributed by atoms with Gasteiger partial charge in [-0.05, 0) is 19.8 Å². The number of ether oxygens (including phenoxy) is 2. The lowest BCUT2D eigenvalue weighted by molar-refractivity contribution is -0.146. The fourth-order valence-electron chi connectivity index (χ4n) is 2.34. The van der Waals surface area contributed by atoms with Crippen LogP contribution in [0.1, 0.15) is 19.8 Å². The van der Waals surface area contributed by atoms with Gasteiger partial charge in [0.2, 0.25) is 0 Å². The van der Waals surface area contributed by atoms with E-state index in [-0.39, 0.29) is 30.5 Å². The van der Waals surface area contributed by atoms with Crippen LogP contribution >= 0.6 is 12.4 Å². The Morgan fingerprint density at radius 3 is 2.78 bits per heavy atom. The highest BCUT2D eigenvalue weighted by Crippen LogP contribution is 2.14. The van der Waals surface area contributed by atoms with Crippen molar-refractivity contribution in [1.29, 1.82) is 0 Å². The summed E-state index contributed by atoms with van der Waals surface area (Å²) in [4.78, 5) is 14.1. The van der Waals surface area contributed by atoms with Gasteiger partial charge >= 0.3 is 0 Å². The van der Waals surface area contributed by atoms with Crippen LogP contribution in [0.15, 0.2) is 0 Å². The molecule has 0 aromatic carbocycles. The smallest absolute Gasteiger partial charge is 0.253 e. The van der Waals surface area contributed by atoms with Gasteiger partial charge in [0.1, 0.15) is 6.10 Å². The fourth-order valence-corrected chi connectivity index (χ4v) is 2.34. The van der Waals surface area contributed by atoms with Gasteiger partial charge in [-0.1, -0.05) is 0 Å². The van der Waals surface area contributed by atoms with Crippen molar-refractivity contribution >= 4 is 18.3 Å². The summed E-state index contributed by atoms with van der Waals surface area (Å²) in [5.41, 5.74) is 0. The van der Waals surface area contributed by atoms with Gasteiger partial charge in [-0.15, -0.1) is 12.4 Å². The normalized spacial score (nSPS) is 27.6. The van der Waals surface area contributed by atoms with Crippen molar-refractivity contribution in [2.45, 2.75) is 32.0 Å². The Labute approximate surface area is 115 Å². The van der Waals surface area contributed by atoms with Gasteiger partial charge in [0.25, 0.3) is 5.91 Å². The largest absolute Gasteiger partial charge is 0.376 e. The van der Waals surface area contributed by atoms with Crippen LogP contribution in [0.3, 0.4) is 0 Å². The number of halogens is 1. The number of likely N-dealkylation sites (N-methyl/N-ethyl adjacent to an activating group) is 1. The van der Waals surface area contributed by atoms with E-state index in [1.54, 1.807) is 0 Å². The minimum absolute atomic E-state index is 0. The van der Waals surface area contributed by atoms with Gasteiger partial charge in [0.05, 0.1) is 12.7 Å². The van der Waals surface area contributed by atoms with E-state index in [4.69, 9.17) is 9.47 Å². The monoisotopic (exact) mass is 278 g/mol. The van der Waals surface area contributed by atoms with Crippen LogP contribution in [-0.2, 0) is 14.3 Å². The summed E-state index contributed by atoms with van der Waals surface area (Å²) in [6.07, 6.45) is 2.08. The Kier molecular flexibility index (Phi) is 6.92. The summed E-state index contributed by atoms with van der Waals surface area (Å²) < 4.78 is 11.1. The van der Waals surface area contributed by atoms with Gasteiger partial charge in [-0.25, -0.2) is 0 Å². The van der Waals surface area contributed by atoms with Gasteiger partial charge in [0, 0.05) is 32.8 Å². The first-order valence-electron chi connectivity index (χ1n) is 6.54. The minimum Gasteiger partial charge on any atom is -0.376 e. The fraction of sp³-hybridized carbons (Fsp3) is 0.917. The van der Waals surface area contributed by atoms with Crippen molar-refractivity contribution in [3.8, 4) is 0 Å². The number of carbonyl (C=O) groups excluding carboxylic acids is 1. The third-order valence-electron chi connectivity index (χ3n) is 3.34. The van der Waals surface area contributed by atoms with Crippen molar-refractivity contribution in [1.82, 2.24) is 10.2 Å². The van der Waals surface area contributed by atoms with Gasteiger partial charge in [0.15, 0.2) is 0 Å². The van der Waals surface area contributed by atoms with Gasteiger partial charge in [-0.3, -0.25) is 4.79 Å². The lowest BCUT2D eigenvalue weighted by Crippen LogP contribution is -2.50. The van der Waals surface area contributed by atoms with E-state index in [9.17, 15) is 4.79 Å². The molecule has 106 valence electrons. The Morgan fingerprint density at radius 1 is 1.39 bits per heavy atom. The molecular formula is C12H23ClN2O3. The van der Waals surface area contributed by atoms with Crippen molar-refractivity contribution < 1.29 is 14.3 Å². The van der Waals surface area contributed by atoms with E-state index in [1.165, 1.54) is 0 Å². The summed E-state index contributed by atoms with van der Waals surface area (Å²) in [6.45, 7) is 6.34. The van der Waals surface area contributed by atoms with Gasteiger partial charge in [-0.2, -0.15) is 0 Å². The number of nitrogens with zero attached hydrogens (tertiary/aromatic N) is 1. The molecule has 0 radical (unpaired) electrons. The molecule has 2 fully saturated rings. The van der Waals surface area contributed by atoms with Crippen molar-refractivity contribution in [2.75, 3.05) is 39.4 Å². The molecule has 5 nitrogen and oxygen atoms in total. The molecule has 0 bridgehead atoms. The minimum atomic E-state index is -0.315. The maximum atomic E-state index is 12.2. The first kappa shape index (κ1) is 15.7. The lowest BCUT2D eigenvalue weighted by atomic mass is 10.2. The van der Waals surface area contributed by atoms with Crippen LogP contribution in [0.25, 0.3) is 0 Å². The van der Waals surface area contributed by atoms with E-state index in [1.807, 2.05) is 11.8 Å². The first-order chi connectivity index (χ1) is 8.31. The second-order valence-corrected chi connectivity index (χ2v) is 4.58. The Balaban J connectivity index is 0.00000162. The number of amides is 1. The number of rotatable bonds is 4. The average Bonchev–Trinajstić information content (AvgIpc) is 2.89. The molecule has 0 saturated carbocycles. The Morgan fingerprint density at radius 2 is 2.22 bits per heavy atom. The zero-order chi connectivity index (χ0) is 12.1. The molecule has 2 atom stereocenters. The molecule has 6 heteroatoms. The SMILES string of the molecule is CCN(CC1CCCO1)C(=O)C1CNCCO1.Cl. The number of hydrogen-bond donors (Lipinski definition) is 1. The molecule has 1 amide bonds. The third-order valence-corrected chi connectivity index (χ3v) is 3.34. The van der Waals surface area contributed by atoms with E-state index in [0.29, 0.717) is 19.7 Å². The number of hydrogen-bond acceptors (Lipinski definition) is 4. The number of carbonyl (C=O) groups is 1. The predicted molar refractivity (Wildman–Crippen MR) is 71.1 cm³/mol. The van der Waals surface area contributed by atoms with Crippen LogP contribution < -0.4 is 5.32 Å². The molecule has 0 aliphatic carbocycles. The highest BCUT2D eigenvalue weighted by atomic mass is 35.5. The van der Waals surface area contributed by atoms with Crippen LogP contribution in [0.4, 0.5) is 0 Å². The van der Waals surface area contributed by atoms with E-state index in [0.717, 1.165) is 32.5 Å². The molecule has 0 spiro atoms. The molecule has 2 rings (SSSR count). The summed E-state index contributed by atoms with van der Waals surface area (Å²) in [5, 5.41) is 3.18. The summed E-state index contributed by atoms with van der Waals surface area (Å²) in [6, 6.07) is 0. The third kappa shape index (κ3) is 4.09. The Bertz CT molecular complexity index is 254. The van der Waals surface area contributed by atoms with E-state index >= 15 is 0 Å². The van der Waals surface area contributed by atoms with E-state index in [2.05, 4.69) is 5.32 Å². The van der Waals surface area contributed by atoms with Crippen molar-refractivity contribution in [2.24, 2.45) is 0 Å². The van der Waals surface area contributed by atoms with E-state index < -0.39 is 0 Å². The quantitative estimate of drug-likeness (QED) is 0.810. The zero-order valence-corrected chi connectivity index (χ0v) is 11.7. The highest BCUT2D eigenvalue weighted by molar-refractivity contribution is 5.85. The van der Waals surface area contributed by atoms with Crippen LogP contribution in [0.5, 0.6) is 0 Å². The second-order valence-electron chi connectivity index (χ2n) is 4.58. The molecule has 0 aromatic heterocycles. The molecule has 18 heavy (non-hydrogen) atoms. The summed E-state index contributed by atoms with van der Waals surface area (Å²) in [5.74, 6) is 0.0928. The number of nitrogens with one attached hydrogen (secondary N) is 1. The molecular weight excluding hydrogens is 256 g/mol. The molecule has 2 aliphatic heterocycles. The summed E-state index contributed by atoms with van der Waals surface area (Å²) in [7, 11) is 0. The first-order valence-corrected chi connectivity index (χ1v) is 6.54. The Hall–Kier alpha value is -0.360. The molecule has 2 heterocycles. The molecule has 2 unspecified atom stereocenters. The molecule has 1 N–H and O–H groups in total. The lowest BCUT2D eigenvalue weighted by Gasteiger charge is -2.30. The average molecular weight is 279 g/mol.